The van der Waals surface area contributed by atoms with Crippen LogP contribution in [0.25, 0.3) is 0 Å². The predicted molar refractivity (Wildman–Crippen MR) is 185 cm³/mol. The molecule has 0 aliphatic carbocycles. The Balaban J connectivity index is 1.73. The Morgan fingerprint density at radius 3 is 2.09 bits per heavy atom. The van der Waals surface area contributed by atoms with E-state index in [9.17, 15) is 24.6 Å². The zero-order valence-electron chi connectivity index (χ0n) is 28.0. The summed E-state index contributed by atoms with van der Waals surface area (Å²) in [6, 6.07) is -0.780. The van der Waals surface area contributed by atoms with Crippen molar-refractivity contribution in [2.75, 3.05) is 6.54 Å². The van der Waals surface area contributed by atoms with Gasteiger partial charge in [0.25, 0.3) is 0 Å². The van der Waals surface area contributed by atoms with Gasteiger partial charge in [-0.05, 0) is 70.6 Å². The van der Waals surface area contributed by atoms with E-state index in [4.69, 9.17) is 0 Å². The van der Waals surface area contributed by atoms with Crippen LogP contribution in [0, 0.1) is 17.8 Å². The number of hydrogen-bond donors (Lipinski definition) is 5. The van der Waals surface area contributed by atoms with Crippen LogP contribution in [-0.4, -0.2) is 64.5 Å². The van der Waals surface area contributed by atoms with Crippen molar-refractivity contribution in [1.82, 2.24) is 16.0 Å². The number of nitrogens with one attached hydrogen (secondary N) is 3. The molecule has 0 fully saturated rings. The molecule has 10 heteroatoms. The van der Waals surface area contributed by atoms with Gasteiger partial charge < -0.3 is 15.5 Å². The van der Waals surface area contributed by atoms with E-state index in [2.05, 4.69) is 93.6 Å². The summed E-state index contributed by atoms with van der Waals surface area (Å²) in [7, 11) is 0. The molecule has 2 rings (SSSR count). The SMILES string of the molecule is CC/C=C\C/C=C\C/C=C\C/C=C\C/C=C\CCCC(=O)N[C@@H](CC(C)C)C(=O)NC1=NC2=NC[C@H]([C@@H](O)[C@H](C)O)CC2C(=O)N1. The molecule has 0 saturated heterocycles. The van der Waals surface area contributed by atoms with Crippen LogP contribution < -0.4 is 16.0 Å². The molecule has 0 aromatic heterocycles. The van der Waals surface area contributed by atoms with Crippen molar-refractivity contribution in [1.29, 1.82) is 0 Å². The van der Waals surface area contributed by atoms with E-state index in [0.29, 0.717) is 25.7 Å². The minimum atomic E-state index is -0.990. The summed E-state index contributed by atoms with van der Waals surface area (Å²) >= 11 is 0. The molecule has 2 heterocycles. The third kappa shape index (κ3) is 15.1. The molecular formula is C36H55N5O5. The van der Waals surface area contributed by atoms with Gasteiger partial charge in [-0.25, -0.2) is 0 Å². The number of allylic oxidation sites excluding steroid dienone is 10. The maximum atomic E-state index is 13.1. The Bertz CT molecular complexity index is 1180. The number of aliphatic hydroxyl groups is 2. The van der Waals surface area contributed by atoms with Gasteiger partial charge >= 0.3 is 0 Å². The van der Waals surface area contributed by atoms with E-state index in [0.717, 1.165) is 38.5 Å². The lowest BCUT2D eigenvalue weighted by Gasteiger charge is -2.33. The van der Waals surface area contributed by atoms with Crippen molar-refractivity contribution >= 4 is 29.5 Å². The van der Waals surface area contributed by atoms with E-state index in [1.54, 1.807) is 0 Å². The molecule has 2 aliphatic rings. The second kappa shape index (κ2) is 22.0. The van der Waals surface area contributed by atoms with E-state index < -0.39 is 30.1 Å². The maximum absolute atomic E-state index is 13.1. The highest BCUT2D eigenvalue weighted by molar-refractivity contribution is 6.19. The molecule has 0 aromatic rings. The maximum Gasteiger partial charge on any atom is 0.249 e. The smallest absolute Gasteiger partial charge is 0.249 e. The molecule has 3 amide bonds. The first-order valence-electron chi connectivity index (χ1n) is 16.8. The molecule has 5 N–H and O–H groups in total. The Morgan fingerprint density at radius 1 is 0.935 bits per heavy atom. The van der Waals surface area contributed by atoms with Crippen molar-refractivity contribution in [2.24, 2.45) is 27.7 Å². The highest BCUT2D eigenvalue weighted by Crippen LogP contribution is 2.27. The average molecular weight is 638 g/mol. The summed E-state index contributed by atoms with van der Waals surface area (Å²) in [4.78, 5) is 47.2. The molecular weight excluding hydrogens is 582 g/mol. The number of amidine groups is 1. The number of carbonyl (C=O) groups is 3. The fourth-order valence-corrected chi connectivity index (χ4v) is 5.11. The Kier molecular flexibility index (Phi) is 18.4. The normalized spacial score (nSPS) is 20.7. The van der Waals surface area contributed by atoms with Crippen molar-refractivity contribution in [2.45, 2.75) is 110 Å². The first kappa shape index (κ1) is 38.6. The molecule has 46 heavy (non-hydrogen) atoms. The van der Waals surface area contributed by atoms with Gasteiger partial charge in [-0.1, -0.05) is 81.5 Å². The Morgan fingerprint density at radius 2 is 1.52 bits per heavy atom. The Labute approximate surface area is 275 Å². The second-order valence-electron chi connectivity index (χ2n) is 12.3. The molecule has 0 bridgehead atoms. The minimum absolute atomic E-state index is 0.0269. The number of nitrogens with zero attached hydrogens (tertiary/aromatic N) is 2. The van der Waals surface area contributed by atoms with Crippen LogP contribution in [0.1, 0.15) is 91.9 Å². The second-order valence-corrected chi connectivity index (χ2v) is 12.3. The van der Waals surface area contributed by atoms with Gasteiger partial charge in [0.2, 0.25) is 23.7 Å². The van der Waals surface area contributed by atoms with E-state index in [-0.39, 0.29) is 42.0 Å². The van der Waals surface area contributed by atoms with Gasteiger partial charge in [0.1, 0.15) is 11.9 Å². The predicted octanol–water partition coefficient (Wildman–Crippen LogP) is 4.82. The average Bonchev–Trinajstić information content (AvgIpc) is 3.01. The highest BCUT2D eigenvalue weighted by atomic mass is 16.3. The lowest BCUT2D eigenvalue weighted by atomic mass is 9.84. The van der Waals surface area contributed by atoms with Crippen molar-refractivity contribution in [3.05, 3.63) is 60.8 Å². The summed E-state index contributed by atoms with van der Waals surface area (Å²) in [6.45, 7) is 7.79. The zero-order chi connectivity index (χ0) is 33.7. The summed E-state index contributed by atoms with van der Waals surface area (Å²) in [6.07, 6.45) is 26.8. The topological polar surface area (TPSA) is 152 Å². The standard InChI is InChI=1S/C36H55N5O5/c1-5-6-7-8-9-10-11-12-13-14-15-16-17-18-19-20-21-22-31(43)38-30(23-26(2)3)35(46)41-36-39-33-29(34(45)40-36)24-28(25-37-33)32(44)27(4)42/h6-7,9-10,12-13,15-16,18-19,26-30,32,42,44H,5,8,11,14,17,20-25H2,1-4H3,(H,38,43)(H2,37,39,40,41,45,46)/b7-6-,10-9-,13-12-,16-15-,19-18-/t27-,28+,29?,30-,32-/m0/s1. The number of unbranched alkanes of at least 4 members (excludes halogenated alkanes) is 1. The van der Waals surface area contributed by atoms with Gasteiger partial charge in [0, 0.05) is 18.9 Å². The molecule has 10 nitrogen and oxygen atoms in total. The van der Waals surface area contributed by atoms with Crippen LogP contribution in [0.2, 0.25) is 0 Å². The van der Waals surface area contributed by atoms with Crippen LogP contribution in [0.15, 0.2) is 70.7 Å². The molecule has 0 radical (unpaired) electrons. The lowest BCUT2D eigenvalue weighted by Crippen LogP contribution is -2.57. The van der Waals surface area contributed by atoms with Crippen LogP contribution in [0.4, 0.5) is 0 Å². The molecule has 0 spiro atoms. The number of guanidine groups is 1. The third-order valence-corrected chi connectivity index (χ3v) is 7.63. The van der Waals surface area contributed by atoms with Crippen LogP contribution in [-0.2, 0) is 14.4 Å². The quantitative estimate of drug-likeness (QED) is 0.102. The highest BCUT2D eigenvalue weighted by Gasteiger charge is 2.39. The van der Waals surface area contributed by atoms with Crippen LogP contribution >= 0.6 is 0 Å². The number of aliphatic hydroxyl groups excluding tert-OH is 2. The van der Waals surface area contributed by atoms with Gasteiger partial charge in [-0.3, -0.25) is 30.0 Å². The first-order valence-corrected chi connectivity index (χ1v) is 16.8. The zero-order valence-corrected chi connectivity index (χ0v) is 28.0. The van der Waals surface area contributed by atoms with Gasteiger partial charge in [0.05, 0.1) is 18.1 Å². The van der Waals surface area contributed by atoms with E-state index in [1.165, 1.54) is 6.92 Å². The fraction of sp³-hybridized carbons (Fsp3) is 0.583. The summed E-state index contributed by atoms with van der Waals surface area (Å²) in [5, 5.41) is 28.0. The van der Waals surface area contributed by atoms with Gasteiger partial charge in [-0.2, -0.15) is 4.99 Å². The number of fused-ring (bicyclic) bond motifs is 1. The Hall–Kier alpha value is -3.63. The largest absolute Gasteiger partial charge is 0.391 e. The summed E-state index contributed by atoms with van der Waals surface area (Å²) in [5.41, 5.74) is 0. The monoisotopic (exact) mass is 637 g/mol. The summed E-state index contributed by atoms with van der Waals surface area (Å²) in [5.74, 6) is -1.68. The first-order chi connectivity index (χ1) is 22.1. The van der Waals surface area contributed by atoms with Crippen molar-refractivity contribution < 1.29 is 24.6 Å². The minimum Gasteiger partial charge on any atom is -0.391 e. The lowest BCUT2D eigenvalue weighted by molar-refractivity contribution is -0.128. The number of hydrogen-bond acceptors (Lipinski definition) is 7. The van der Waals surface area contributed by atoms with E-state index >= 15 is 0 Å². The molecule has 254 valence electrons. The number of rotatable bonds is 19. The van der Waals surface area contributed by atoms with Gasteiger partial charge in [0.15, 0.2) is 0 Å². The molecule has 5 atom stereocenters. The summed E-state index contributed by atoms with van der Waals surface area (Å²) < 4.78 is 0. The third-order valence-electron chi connectivity index (χ3n) is 7.63. The fourth-order valence-electron chi connectivity index (χ4n) is 5.11. The molecule has 0 saturated carbocycles. The van der Waals surface area contributed by atoms with Crippen molar-refractivity contribution in [3.8, 4) is 0 Å². The number of aliphatic imine (C=N–C) groups is 2. The van der Waals surface area contributed by atoms with Crippen LogP contribution in [0.5, 0.6) is 0 Å². The van der Waals surface area contributed by atoms with Crippen LogP contribution in [0.3, 0.4) is 0 Å². The molecule has 1 unspecified atom stereocenters. The number of carbonyl (C=O) groups excluding carboxylic acids is 3. The van der Waals surface area contributed by atoms with Crippen molar-refractivity contribution in [3.63, 3.8) is 0 Å². The van der Waals surface area contributed by atoms with E-state index in [1.807, 2.05) is 13.8 Å². The molecule has 2 aliphatic heterocycles. The number of amides is 3. The van der Waals surface area contributed by atoms with Gasteiger partial charge in [-0.15, -0.1) is 0 Å². The molecule has 0 aromatic carbocycles.